The fourth-order valence-electron chi connectivity index (χ4n) is 6.25. The Morgan fingerprint density at radius 3 is 2.90 bits per heavy atom. The van der Waals surface area contributed by atoms with Crippen molar-refractivity contribution in [2.45, 2.75) is 90.4 Å². The molecule has 3 fully saturated rings. The van der Waals surface area contributed by atoms with E-state index in [4.69, 9.17) is 9.47 Å². The van der Waals surface area contributed by atoms with Crippen molar-refractivity contribution in [1.82, 2.24) is 0 Å². The molecule has 162 valence electrons. The molecular weight excluding hydrogens is 368 g/mol. The Labute approximate surface area is 174 Å². The number of rotatable bonds is 6. The second kappa shape index (κ2) is 8.05. The highest BCUT2D eigenvalue weighted by Gasteiger charge is 2.65. The molecule has 1 saturated heterocycles. The summed E-state index contributed by atoms with van der Waals surface area (Å²) in [6.45, 7) is 6.24. The molecule has 0 aromatic rings. The van der Waals surface area contributed by atoms with E-state index in [9.17, 15) is 14.7 Å². The number of carbonyl (C=O) groups is 2. The summed E-state index contributed by atoms with van der Waals surface area (Å²) in [5.74, 6) is 1.52. The van der Waals surface area contributed by atoms with Crippen LogP contribution in [0.1, 0.15) is 72.1 Å². The van der Waals surface area contributed by atoms with Crippen LogP contribution in [0.2, 0.25) is 0 Å². The van der Waals surface area contributed by atoms with Gasteiger partial charge in [0.1, 0.15) is 12.2 Å². The summed E-state index contributed by atoms with van der Waals surface area (Å²) in [6, 6.07) is 0. The van der Waals surface area contributed by atoms with Gasteiger partial charge < -0.3 is 14.6 Å². The summed E-state index contributed by atoms with van der Waals surface area (Å²) in [5.41, 5.74) is 0.207. The molecule has 1 N–H and O–H groups in total. The molecule has 1 heterocycles. The minimum atomic E-state index is -0.581. The van der Waals surface area contributed by atoms with Crippen molar-refractivity contribution in [3.05, 3.63) is 12.2 Å². The SMILES string of the molecule is CC[C@H](C)C(=O)O[C@H]1CC[C@@H]2CC23C=C[C@H](C)[C@H](CC[C@@H]2C[C@@H](O)CC(=O)O2)[C@@H]13. The predicted molar refractivity (Wildman–Crippen MR) is 109 cm³/mol. The van der Waals surface area contributed by atoms with Crippen molar-refractivity contribution in [2.24, 2.45) is 35.0 Å². The van der Waals surface area contributed by atoms with Crippen molar-refractivity contribution in [3.63, 3.8) is 0 Å². The van der Waals surface area contributed by atoms with Gasteiger partial charge in [-0.1, -0.05) is 32.9 Å². The molecule has 0 bridgehead atoms. The van der Waals surface area contributed by atoms with E-state index in [1.165, 1.54) is 6.42 Å². The van der Waals surface area contributed by atoms with Gasteiger partial charge in [0.05, 0.1) is 18.4 Å². The zero-order valence-electron chi connectivity index (χ0n) is 18.0. The zero-order valence-corrected chi connectivity index (χ0v) is 18.0. The monoisotopic (exact) mass is 404 g/mol. The molecule has 3 aliphatic carbocycles. The smallest absolute Gasteiger partial charge is 0.308 e. The molecule has 5 nitrogen and oxygen atoms in total. The van der Waals surface area contributed by atoms with Crippen molar-refractivity contribution in [1.29, 1.82) is 0 Å². The number of esters is 2. The van der Waals surface area contributed by atoms with Gasteiger partial charge in [0, 0.05) is 12.3 Å². The van der Waals surface area contributed by atoms with Crippen LogP contribution >= 0.6 is 0 Å². The number of hydrogen-bond donors (Lipinski definition) is 1. The lowest BCUT2D eigenvalue weighted by Gasteiger charge is -2.46. The third-order valence-electron chi connectivity index (χ3n) is 8.21. The Hall–Kier alpha value is -1.36. The van der Waals surface area contributed by atoms with Gasteiger partial charge in [-0.25, -0.2) is 0 Å². The fraction of sp³-hybridized carbons (Fsp3) is 0.833. The Morgan fingerprint density at radius 1 is 1.38 bits per heavy atom. The summed E-state index contributed by atoms with van der Waals surface area (Å²) in [7, 11) is 0. The van der Waals surface area contributed by atoms with E-state index in [1.54, 1.807) is 0 Å². The largest absolute Gasteiger partial charge is 0.462 e. The number of ether oxygens (including phenoxy) is 2. The van der Waals surface area contributed by atoms with Crippen molar-refractivity contribution in [2.75, 3.05) is 0 Å². The molecular formula is C24H36O5. The van der Waals surface area contributed by atoms with Gasteiger partial charge >= 0.3 is 11.9 Å². The summed E-state index contributed by atoms with van der Waals surface area (Å²) >= 11 is 0. The van der Waals surface area contributed by atoms with Crippen LogP contribution in [0.25, 0.3) is 0 Å². The third-order valence-corrected chi connectivity index (χ3v) is 8.21. The number of carbonyl (C=O) groups excluding carboxylic acids is 2. The molecule has 9 atom stereocenters. The van der Waals surface area contributed by atoms with Gasteiger partial charge in [-0.05, 0) is 61.7 Å². The van der Waals surface area contributed by atoms with Crippen LogP contribution in [0.5, 0.6) is 0 Å². The quantitative estimate of drug-likeness (QED) is 0.534. The topological polar surface area (TPSA) is 72.8 Å². The zero-order chi connectivity index (χ0) is 20.8. The summed E-state index contributed by atoms with van der Waals surface area (Å²) in [4.78, 5) is 24.3. The Morgan fingerprint density at radius 2 is 2.17 bits per heavy atom. The molecule has 29 heavy (non-hydrogen) atoms. The highest BCUT2D eigenvalue weighted by molar-refractivity contribution is 5.72. The lowest BCUT2D eigenvalue weighted by Crippen LogP contribution is -2.46. The molecule has 0 aromatic carbocycles. The number of cyclic esters (lactones) is 1. The van der Waals surface area contributed by atoms with Crippen LogP contribution in [0.4, 0.5) is 0 Å². The summed E-state index contributed by atoms with van der Waals surface area (Å²) in [5, 5.41) is 9.92. The molecule has 1 unspecified atom stereocenters. The Balaban J connectivity index is 1.48. The van der Waals surface area contributed by atoms with Crippen LogP contribution in [-0.2, 0) is 19.1 Å². The summed E-state index contributed by atoms with van der Waals surface area (Å²) in [6.07, 6.45) is 10.5. The highest BCUT2D eigenvalue weighted by atomic mass is 16.5. The average molecular weight is 405 g/mol. The van der Waals surface area contributed by atoms with E-state index in [2.05, 4.69) is 19.1 Å². The second-order valence-electron chi connectivity index (χ2n) is 10.1. The molecule has 0 radical (unpaired) electrons. The van der Waals surface area contributed by atoms with Gasteiger partial charge in [0.25, 0.3) is 0 Å². The first-order chi connectivity index (χ1) is 13.8. The number of aliphatic hydroxyl groups excluding tert-OH is 1. The second-order valence-corrected chi connectivity index (χ2v) is 10.1. The lowest BCUT2D eigenvalue weighted by molar-refractivity contribution is -0.165. The first-order valence-electron chi connectivity index (χ1n) is 11.6. The molecule has 0 amide bonds. The lowest BCUT2D eigenvalue weighted by atomic mass is 9.61. The van der Waals surface area contributed by atoms with Crippen LogP contribution in [0, 0.1) is 35.0 Å². The van der Waals surface area contributed by atoms with Gasteiger partial charge in [0.2, 0.25) is 0 Å². The van der Waals surface area contributed by atoms with Crippen LogP contribution in [0.3, 0.4) is 0 Å². The molecule has 2 saturated carbocycles. The minimum absolute atomic E-state index is 0.00727. The van der Waals surface area contributed by atoms with E-state index in [-0.39, 0.29) is 41.9 Å². The molecule has 0 aromatic heterocycles. The molecule has 1 spiro atoms. The average Bonchev–Trinajstić information content (AvgIpc) is 3.40. The maximum Gasteiger partial charge on any atom is 0.308 e. The van der Waals surface area contributed by atoms with Crippen molar-refractivity contribution < 1.29 is 24.2 Å². The van der Waals surface area contributed by atoms with E-state index in [0.29, 0.717) is 24.2 Å². The number of hydrogen-bond acceptors (Lipinski definition) is 5. The van der Waals surface area contributed by atoms with Crippen molar-refractivity contribution in [3.8, 4) is 0 Å². The van der Waals surface area contributed by atoms with E-state index < -0.39 is 6.10 Å². The maximum absolute atomic E-state index is 12.6. The highest BCUT2D eigenvalue weighted by Crippen LogP contribution is 2.69. The van der Waals surface area contributed by atoms with Gasteiger partial charge in [-0.2, -0.15) is 0 Å². The molecule has 4 aliphatic rings. The predicted octanol–water partition coefficient (Wildman–Crippen LogP) is 4.03. The number of aliphatic hydroxyl groups is 1. The number of allylic oxidation sites excluding steroid dienone is 2. The van der Waals surface area contributed by atoms with Crippen LogP contribution < -0.4 is 0 Å². The van der Waals surface area contributed by atoms with Gasteiger partial charge in [-0.15, -0.1) is 0 Å². The van der Waals surface area contributed by atoms with Gasteiger partial charge in [-0.3, -0.25) is 9.59 Å². The Bertz CT molecular complexity index is 672. The van der Waals surface area contributed by atoms with Gasteiger partial charge in [0.15, 0.2) is 0 Å². The molecule has 4 rings (SSSR count). The van der Waals surface area contributed by atoms with E-state index >= 15 is 0 Å². The Kier molecular flexibility index (Phi) is 5.80. The minimum Gasteiger partial charge on any atom is -0.462 e. The normalized spacial score (nSPS) is 44.3. The summed E-state index contributed by atoms with van der Waals surface area (Å²) < 4.78 is 11.6. The first-order valence-corrected chi connectivity index (χ1v) is 11.6. The first kappa shape index (κ1) is 20.9. The van der Waals surface area contributed by atoms with Crippen LogP contribution in [-0.4, -0.2) is 35.4 Å². The fourth-order valence-corrected chi connectivity index (χ4v) is 6.25. The standard InChI is InChI=1S/C24H36O5/c1-4-14(2)23(27)29-20-8-5-16-13-24(16)10-9-15(3)19(22(20)24)7-6-18-11-17(25)12-21(26)28-18/h9-10,14-20,22,25H,4-8,11-13H2,1-3H3/t14-,15-,16+,17+,18+,19-,20-,22-,24?/m0/s1. The van der Waals surface area contributed by atoms with E-state index in [0.717, 1.165) is 38.0 Å². The van der Waals surface area contributed by atoms with Crippen molar-refractivity contribution >= 4 is 11.9 Å². The maximum atomic E-state index is 12.6. The molecule has 5 heteroatoms. The molecule has 1 aliphatic heterocycles. The third kappa shape index (κ3) is 3.99. The van der Waals surface area contributed by atoms with Crippen LogP contribution in [0.15, 0.2) is 12.2 Å². The van der Waals surface area contributed by atoms with E-state index in [1.807, 2.05) is 13.8 Å².